The van der Waals surface area contributed by atoms with E-state index < -0.39 is 9.84 Å². The monoisotopic (exact) mass is 436 g/mol. The summed E-state index contributed by atoms with van der Waals surface area (Å²) >= 11 is 5.85. The van der Waals surface area contributed by atoms with E-state index in [1.54, 1.807) is 30.3 Å². The van der Waals surface area contributed by atoms with E-state index in [2.05, 4.69) is 5.92 Å². The lowest BCUT2D eigenvalue weighted by Crippen LogP contribution is -2.01. The van der Waals surface area contributed by atoms with Gasteiger partial charge in [0.15, 0.2) is 9.84 Å². The van der Waals surface area contributed by atoms with Crippen molar-refractivity contribution in [3.8, 4) is 29.3 Å². The van der Waals surface area contributed by atoms with Gasteiger partial charge >= 0.3 is 0 Å². The van der Waals surface area contributed by atoms with Crippen LogP contribution in [0.25, 0.3) is 22.5 Å². The first-order valence-electron chi connectivity index (χ1n) is 9.19. The summed E-state index contributed by atoms with van der Waals surface area (Å²) in [5.74, 6) is 3.54. The van der Waals surface area contributed by atoms with Crippen molar-refractivity contribution in [2.75, 3.05) is 12.1 Å². The topological polar surface area (TPSA) is 52.0 Å². The second-order valence-electron chi connectivity index (χ2n) is 6.77. The number of aromatic nitrogens is 2. The van der Waals surface area contributed by atoms with Gasteiger partial charge in [-0.3, -0.25) is 4.57 Å². The molecule has 0 aliphatic rings. The third-order valence-electron chi connectivity index (χ3n) is 4.54. The predicted octanol–water partition coefficient (Wildman–Crippen LogP) is 5.14. The number of rotatable bonds is 6. The van der Waals surface area contributed by atoms with Crippen LogP contribution < -0.4 is 0 Å². The molecule has 0 amide bonds. The molecule has 6 heteroatoms. The van der Waals surface area contributed by atoms with Crippen molar-refractivity contribution < 1.29 is 8.42 Å². The number of nitrogens with zero attached hydrogens (tertiary/aromatic N) is 2. The lowest BCUT2D eigenvalue weighted by Gasteiger charge is -2.08. The maximum atomic E-state index is 11.8. The minimum atomic E-state index is -3.27. The molecule has 0 saturated carbocycles. The number of benzene rings is 2. The molecule has 4 nitrogen and oxygen atoms in total. The Balaban J connectivity index is 2.13. The lowest BCUT2D eigenvalue weighted by molar-refractivity contribution is 0.602. The Morgan fingerprint density at radius 3 is 2.37 bits per heavy atom. The number of allylic oxidation sites excluding steroid dienone is 4. The summed E-state index contributed by atoms with van der Waals surface area (Å²) in [4.78, 5) is 5.09. The molecule has 0 aliphatic heterocycles. The van der Waals surface area contributed by atoms with Crippen molar-refractivity contribution in [3.63, 3.8) is 0 Å². The van der Waals surface area contributed by atoms with Gasteiger partial charge in [-0.2, -0.15) is 0 Å². The summed E-state index contributed by atoms with van der Waals surface area (Å²) in [7, 11) is -3.27. The van der Waals surface area contributed by atoms with E-state index in [4.69, 9.17) is 23.0 Å². The molecule has 152 valence electrons. The van der Waals surface area contributed by atoms with Gasteiger partial charge in [0.05, 0.1) is 16.5 Å². The van der Waals surface area contributed by atoms with Gasteiger partial charge in [0, 0.05) is 29.3 Å². The fourth-order valence-corrected chi connectivity index (χ4v) is 3.69. The highest BCUT2D eigenvalue weighted by atomic mass is 35.5. The van der Waals surface area contributed by atoms with Gasteiger partial charge in [-0.05, 0) is 42.8 Å². The smallest absolute Gasteiger partial charge is 0.175 e. The highest BCUT2D eigenvalue weighted by molar-refractivity contribution is 7.90. The normalized spacial score (nSPS) is 12.6. The van der Waals surface area contributed by atoms with E-state index in [0.29, 0.717) is 5.57 Å². The number of hydrogen-bond donors (Lipinski definition) is 0. The van der Waals surface area contributed by atoms with Crippen molar-refractivity contribution in [2.45, 2.75) is 11.8 Å². The van der Waals surface area contributed by atoms with Crippen LogP contribution in [0.15, 0.2) is 83.4 Å². The van der Waals surface area contributed by atoms with E-state index in [1.807, 2.05) is 54.1 Å². The second-order valence-corrected chi connectivity index (χ2v) is 9.05. The predicted molar refractivity (Wildman–Crippen MR) is 123 cm³/mol. The van der Waals surface area contributed by atoms with E-state index in [9.17, 15) is 8.42 Å². The van der Waals surface area contributed by atoms with Crippen LogP contribution in [0, 0.1) is 12.3 Å². The zero-order valence-corrected chi connectivity index (χ0v) is 18.3. The number of sulfone groups is 1. The first-order chi connectivity index (χ1) is 14.3. The van der Waals surface area contributed by atoms with Crippen LogP contribution >= 0.6 is 11.6 Å². The van der Waals surface area contributed by atoms with Gasteiger partial charge in [0.2, 0.25) is 0 Å². The van der Waals surface area contributed by atoms with E-state index in [0.717, 1.165) is 28.3 Å². The Labute approximate surface area is 182 Å². The number of terminal acetylenes is 1. The first-order valence-corrected chi connectivity index (χ1v) is 11.6. The van der Waals surface area contributed by atoms with Crippen LogP contribution in [0.1, 0.15) is 12.7 Å². The fraction of sp³-hybridized carbons (Fsp3) is 0.125. The second kappa shape index (κ2) is 9.17. The molecule has 2 aromatic carbocycles. The minimum Gasteiger partial charge on any atom is -0.299 e. The summed E-state index contributed by atoms with van der Waals surface area (Å²) in [6.07, 6.45) is 12.3. The first kappa shape index (κ1) is 21.6. The standard InChI is InChI=1S/C24H21ClN2O2S/c1-4-19(16-25)11-10-18(2)24-26-23(20-8-6-5-7-9-20)17-27(24)21-12-14-22(15-13-21)30(3,28)29/h1,5-15,17H,16H2,2-3H3/b18-10+,19-11+. The van der Waals surface area contributed by atoms with Crippen LogP contribution in [0.5, 0.6) is 0 Å². The Hall–Kier alpha value is -3.07. The highest BCUT2D eigenvalue weighted by Crippen LogP contribution is 2.26. The summed E-state index contributed by atoms with van der Waals surface area (Å²) < 4.78 is 25.5. The van der Waals surface area contributed by atoms with E-state index in [-0.39, 0.29) is 10.8 Å². The number of imidazole rings is 1. The SMILES string of the molecule is C#C/C(=C\C=C(/C)c1nc(-c2ccccc2)cn1-c1ccc(S(C)(=O)=O)cc1)CCl. The van der Waals surface area contributed by atoms with Crippen LogP contribution in [-0.2, 0) is 9.84 Å². The molecule has 30 heavy (non-hydrogen) atoms. The summed E-state index contributed by atoms with van der Waals surface area (Å²) in [6.45, 7) is 1.94. The maximum absolute atomic E-state index is 11.8. The molecule has 0 spiro atoms. The van der Waals surface area contributed by atoms with E-state index >= 15 is 0 Å². The average Bonchev–Trinajstić information content (AvgIpc) is 3.20. The Kier molecular flexibility index (Phi) is 6.61. The molecule has 0 radical (unpaired) electrons. The van der Waals surface area contributed by atoms with Crippen molar-refractivity contribution in [1.82, 2.24) is 9.55 Å². The fourth-order valence-electron chi connectivity index (χ4n) is 2.89. The van der Waals surface area contributed by atoms with E-state index in [1.165, 1.54) is 6.26 Å². The molecule has 1 aromatic heterocycles. The molecule has 0 bridgehead atoms. The van der Waals surface area contributed by atoms with Gasteiger partial charge in [-0.15, -0.1) is 18.0 Å². The molecule has 0 unspecified atom stereocenters. The van der Waals surface area contributed by atoms with Crippen molar-refractivity contribution in [3.05, 3.63) is 84.3 Å². The van der Waals surface area contributed by atoms with Gasteiger partial charge in [0.25, 0.3) is 0 Å². The molecule has 0 atom stereocenters. The van der Waals surface area contributed by atoms with Gasteiger partial charge < -0.3 is 0 Å². The molecule has 0 aliphatic carbocycles. The molecule has 3 aromatic rings. The quantitative estimate of drug-likeness (QED) is 0.305. The summed E-state index contributed by atoms with van der Waals surface area (Å²) in [5.41, 5.74) is 4.16. The highest BCUT2D eigenvalue weighted by Gasteiger charge is 2.14. The number of halogens is 1. The van der Waals surface area contributed by atoms with Gasteiger partial charge in [-0.1, -0.05) is 42.3 Å². The molecular weight excluding hydrogens is 416 g/mol. The summed E-state index contributed by atoms with van der Waals surface area (Å²) in [6, 6.07) is 16.6. The number of hydrogen-bond acceptors (Lipinski definition) is 3. The lowest BCUT2D eigenvalue weighted by atomic mass is 10.2. The van der Waals surface area contributed by atoms with Crippen molar-refractivity contribution >= 4 is 27.0 Å². The molecule has 0 saturated heterocycles. The zero-order chi connectivity index (χ0) is 21.7. The molecule has 1 heterocycles. The van der Waals surface area contributed by atoms with Crippen molar-refractivity contribution in [1.29, 1.82) is 0 Å². The molecule has 0 N–H and O–H groups in total. The summed E-state index contributed by atoms with van der Waals surface area (Å²) in [5, 5.41) is 0. The van der Waals surface area contributed by atoms with Crippen LogP contribution in [0.3, 0.4) is 0 Å². The third-order valence-corrected chi connectivity index (χ3v) is 5.95. The van der Waals surface area contributed by atoms with Crippen molar-refractivity contribution in [2.24, 2.45) is 0 Å². The average molecular weight is 437 g/mol. The van der Waals surface area contributed by atoms with Crippen LogP contribution in [0.4, 0.5) is 0 Å². The Morgan fingerprint density at radius 1 is 1.13 bits per heavy atom. The Bertz CT molecular complexity index is 1250. The van der Waals surface area contributed by atoms with Crippen LogP contribution in [0.2, 0.25) is 0 Å². The molecular formula is C24H21ClN2O2S. The molecule has 3 rings (SSSR count). The number of alkyl halides is 1. The third kappa shape index (κ3) is 4.91. The van der Waals surface area contributed by atoms with Gasteiger partial charge in [-0.25, -0.2) is 13.4 Å². The minimum absolute atomic E-state index is 0.261. The maximum Gasteiger partial charge on any atom is 0.175 e. The zero-order valence-electron chi connectivity index (χ0n) is 16.7. The largest absolute Gasteiger partial charge is 0.299 e. The van der Waals surface area contributed by atoms with Gasteiger partial charge in [0.1, 0.15) is 5.82 Å². The Morgan fingerprint density at radius 2 is 1.80 bits per heavy atom. The van der Waals surface area contributed by atoms with Crippen LogP contribution in [-0.4, -0.2) is 30.1 Å². The molecule has 0 fully saturated rings.